The Morgan fingerprint density at radius 1 is 1.57 bits per heavy atom. The van der Waals surface area contributed by atoms with E-state index >= 15 is 0 Å². The Kier molecular flexibility index (Phi) is 6.09. The molecule has 0 aromatic carbocycles. The molecular weight excluding hydrogens is 190 g/mol. The first-order valence-electron chi connectivity index (χ1n) is 4.21. The fourth-order valence-electron chi connectivity index (χ4n) is 0.696. The molecule has 1 unspecified atom stereocenters. The second-order valence-electron chi connectivity index (χ2n) is 2.57. The van der Waals surface area contributed by atoms with Crippen molar-refractivity contribution in [1.82, 2.24) is 5.32 Å². The van der Waals surface area contributed by atoms with Crippen LogP contribution in [0, 0.1) is 0 Å². The molecule has 6 nitrogen and oxygen atoms in total. The van der Waals surface area contributed by atoms with Gasteiger partial charge in [-0.05, 0) is 6.42 Å². The van der Waals surface area contributed by atoms with Gasteiger partial charge in [-0.3, -0.25) is 0 Å². The van der Waals surface area contributed by atoms with Gasteiger partial charge in [0.05, 0.1) is 6.61 Å². The van der Waals surface area contributed by atoms with Crippen molar-refractivity contribution in [2.24, 2.45) is 0 Å². The molecule has 0 radical (unpaired) electrons. The van der Waals surface area contributed by atoms with Crippen molar-refractivity contribution in [1.29, 1.82) is 0 Å². The lowest BCUT2D eigenvalue weighted by atomic mass is 10.2. The Hall–Kier alpha value is -1.59. The molecule has 0 bridgehead atoms. The van der Waals surface area contributed by atoms with Crippen LogP contribution in [-0.4, -0.2) is 36.1 Å². The number of nitrogens with one attached hydrogen (secondary N) is 1. The van der Waals surface area contributed by atoms with E-state index in [1.165, 1.54) is 0 Å². The Bertz CT molecular complexity index is 216. The molecule has 6 heteroatoms. The van der Waals surface area contributed by atoms with Gasteiger partial charge in [0.25, 0.3) is 0 Å². The predicted molar refractivity (Wildman–Crippen MR) is 46.9 cm³/mol. The summed E-state index contributed by atoms with van der Waals surface area (Å²) in [5, 5.41) is 10.6. The van der Waals surface area contributed by atoms with Crippen molar-refractivity contribution < 1.29 is 24.2 Å². The fraction of sp³-hybridized carbons (Fsp3) is 0.625. The number of carbonyl (C=O) groups excluding carboxylic acids is 2. The lowest BCUT2D eigenvalue weighted by Crippen LogP contribution is -2.41. The summed E-state index contributed by atoms with van der Waals surface area (Å²) in [5.74, 6) is -1.26. The zero-order valence-corrected chi connectivity index (χ0v) is 7.86. The topological polar surface area (TPSA) is 92.7 Å². The zero-order valence-electron chi connectivity index (χ0n) is 7.86. The molecule has 1 atom stereocenters. The van der Waals surface area contributed by atoms with Crippen LogP contribution in [-0.2, 0) is 14.3 Å². The maximum Gasteiger partial charge on any atom is 0.407 e. The molecule has 0 heterocycles. The van der Waals surface area contributed by atoms with Gasteiger partial charge in [-0.15, -0.1) is 0 Å². The van der Waals surface area contributed by atoms with Crippen LogP contribution in [0.2, 0.25) is 0 Å². The van der Waals surface area contributed by atoms with E-state index in [9.17, 15) is 14.4 Å². The van der Waals surface area contributed by atoms with Gasteiger partial charge in [0.2, 0.25) is 0 Å². The van der Waals surface area contributed by atoms with Gasteiger partial charge in [-0.25, -0.2) is 9.59 Å². The third kappa shape index (κ3) is 5.13. The summed E-state index contributed by atoms with van der Waals surface area (Å²) in [5.41, 5.74) is 0. The van der Waals surface area contributed by atoms with E-state index in [2.05, 4.69) is 10.1 Å². The van der Waals surface area contributed by atoms with E-state index < -0.39 is 18.1 Å². The first kappa shape index (κ1) is 12.4. The van der Waals surface area contributed by atoms with Gasteiger partial charge >= 0.3 is 12.1 Å². The monoisotopic (exact) mass is 203 g/mol. The third-order valence-corrected chi connectivity index (χ3v) is 1.36. The maximum atomic E-state index is 10.9. The van der Waals surface area contributed by atoms with Crippen LogP contribution in [0.5, 0.6) is 0 Å². The second kappa shape index (κ2) is 6.88. The van der Waals surface area contributed by atoms with Gasteiger partial charge in [0.15, 0.2) is 0 Å². The van der Waals surface area contributed by atoms with E-state index in [-0.39, 0.29) is 13.0 Å². The molecule has 14 heavy (non-hydrogen) atoms. The molecule has 0 rings (SSSR count). The van der Waals surface area contributed by atoms with Gasteiger partial charge < -0.3 is 20.0 Å². The Morgan fingerprint density at radius 2 is 2.21 bits per heavy atom. The zero-order chi connectivity index (χ0) is 11.0. The first-order chi connectivity index (χ1) is 6.61. The van der Waals surface area contributed by atoms with Crippen molar-refractivity contribution in [3.05, 3.63) is 0 Å². The van der Waals surface area contributed by atoms with Gasteiger partial charge in [0.1, 0.15) is 12.3 Å². The van der Waals surface area contributed by atoms with Crippen LogP contribution in [0.1, 0.15) is 19.8 Å². The molecule has 0 aromatic rings. The van der Waals surface area contributed by atoms with E-state index in [0.29, 0.717) is 12.7 Å². The summed E-state index contributed by atoms with van der Waals surface area (Å²) in [6, 6.07) is -1.21. The number of aldehydes is 1. The van der Waals surface area contributed by atoms with Crippen molar-refractivity contribution in [2.45, 2.75) is 25.8 Å². The molecule has 0 saturated carbocycles. The second-order valence-corrected chi connectivity index (χ2v) is 2.57. The van der Waals surface area contributed by atoms with Crippen LogP contribution in [0.25, 0.3) is 0 Å². The summed E-state index contributed by atoms with van der Waals surface area (Å²) in [6.07, 6.45) is -0.00465. The summed E-state index contributed by atoms with van der Waals surface area (Å²) >= 11 is 0. The lowest BCUT2D eigenvalue weighted by Gasteiger charge is -2.11. The molecule has 0 aromatic heterocycles. The van der Waals surface area contributed by atoms with Crippen LogP contribution in [0.3, 0.4) is 0 Å². The normalized spacial score (nSPS) is 11.5. The highest BCUT2D eigenvalue weighted by atomic mass is 16.5. The quantitative estimate of drug-likeness (QED) is 0.600. The number of carboxylic acids is 1. The molecule has 0 fully saturated rings. The molecular formula is C8H13NO5. The largest absolute Gasteiger partial charge is 0.480 e. The summed E-state index contributed by atoms with van der Waals surface area (Å²) < 4.78 is 4.59. The highest BCUT2D eigenvalue weighted by molar-refractivity contribution is 5.82. The number of alkyl carbamates (subject to hydrolysis) is 1. The van der Waals surface area contributed by atoms with Crippen molar-refractivity contribution >= 4 is 18.3 Å². The predicted octanol–water partition coefficient (Wildman–Crippen LogP) is 0.165. The van der Waals surface area contributed by atoms with E-state index in [1.807, 2.05) is 6.92 Å². The molecule has 0 spiro atoms. The maximum absolute atomic E-state index is 10.9. The minimum Gasteiger partial charge on any atom is -0.480 e. The first-order valence-corrected chi connectivity index (χ1v) is 4.21. The molecule has 1 amide bonds. The smallest absolute Gasteiger partial charge is 0.407 e. The standard InChI is InChI=1S/C8H13NO5/c1-2-5-14-8(13)9-6(3-4-10)7(11)12/h4,6H,2-3,5H2,1H3,(H,9,13)(H,11,12). The number of aliphatic carboxylic acids is 1. The number of carbonyl (C=O) groups is 3. The fourth-order valence-corrected chi connectivity index (χ4v) is 0.696. The number of hydrogen-bond donors (Lipinski definition) is 2. The van der Waals surface area contributed by atoms with Gasteiger partial charge in [-0.2, -0.15) is 0 Å². The Morgan fingerprint density at radius 3 is 2.64 bits per heavy atom. The molecule has 0 aliphatic heterocycles. The van der Waals surface area contributed by atoms with Crippen LogP contribution in [0.4, 0.5) is 4.79 Å². The van der Waals surface area contributed by atoms with E-state index in [1.54, 1.807) is 0 Å². The Labute approximate surface area is 81.2 Å². The molecule has 0 saturated heterocycles. The van der Waals surface area contributed by atoms with Gasteiger partial charge in [-0.1, -0.05) is 6.92 Å². The molecule has 80 valence electrons. The minimum absolute atomic E-state index is 0.221. The molecule has 2 N–H and O–H groups in total. The van der Waals surface area contributed by atoms with E-state index in [4.69, 9.17) is 5.11 Å². The van der Waals surface area contributed by atoms with E-state index in [0.717, 1.165) is 0 Å². The molecule has 0 aliphatic carbocycles. The van der Waals surface area contributed by atoms with Crippen LogP contribution >= 0.6 is 0 Å². The summed E-state index contributed by atoms with van der Waals surface area (Å²) in [4.78, 5) is 31.4. The van der Waals surface area contributed by atoms with Gasteiger partial charge in [0, 0.05) is 6.42 Å². The average molecular weight is 203 g/mol. The average Bonchev–Trinajstić information content (AvgIpc) is 2.14. The lowest BCUT2D eigenvalue weighted by molar-refractivity contribution is -0.140. The third-order valence-electron chi connectivity index (χ3n) is 1.36. The number of amides is 1. The number of carboxylic acid groups (broad SMARTS) is 1. The highest BCUT2D eigenvalue weighted by Crippen LogP contribution is 1.91. The molecule has 0 aliphatic rings. The SMILES string of the molecule is CCCOC(=O)NC(CC=O)C(=O)O. The number of hydrogen-bond acceptors (Lipinski definition) is 4. The van der Waals surface area contributed by atoms with Crippen molar-refractivity contribution in [3.63, 3.8) is 0 Å². The summed E-state index contributed by atoms with van der Waals surface area (Å²) in [6.45, 7) is 2.03. The van der Waals surface area contributed by atoms with Crippen LogP contribution in [0.15, 0.2) is 0 Å². The summed E-state index contributed by atoms with van der Waals surface area (Å²) in [7, 11) is 0. The van der Waals surface area contributed by atoms with Crippen molar-refractivity contribution in [2.75, 3.05) is 6.61 Å². The van der Waals surface area contributed by atoms with Crippen LogP contribution < -0.4 is 5.32 Å². The van der Waals surface area contributed by atoms with Crippen molar-refractivity contribution in [3.8, 4) is 0 Å². The Balaban J connectivity index is 3.95. The number of rotatable bonds is 6. The number of ether oxygens (including phenoxy) is 1. The minimum atomic E-state index is -1.26. The highest BCUT2D eigenvalue weighted by Gasteiger charge is 2.19.